The lowest BCUT2D eigenvalue weighted by molar-refractivity contribution is 0.0724. The third-order valence-corrected chi connectivity index (χ3v) is 1.95. The van der Waals surface area contributed by atoms with Crippen LogP contribution in [0.3, 0.4) is 0 Å². The highest BCUT2D eigenvalue weighted by Crippen LogP contribution is 2.08. The smallest absolute Gasteiger partial charge is 0.0696 e. The SMILES string of the molecule is COC1CCC(C)NC1. The van der Waals surface area contributed by atoms with Crippen LogP contribution in [-0.4, -0.2) is 25.8 Å². The molecule has 1 aliphatic rings. The average molecular weight is 129 g/mol. The largest absolute Gasteiger partial charge is 0.380 e. The minimum atomic E-state index is 0.459. The number of hydrogen-bond donors (Lipinski definition) is 1. The molecule has 2 unspecified atom stereocenters. The van der Waals surface area contributed by atoms with Crippen LogP contribution in [0.25, 0.3) is 0 Å². The van der Waals surface area contributed by atoms with E-state index in [0.717, 1.165) is 6.54 Å². The summed E-state index contributed by atoms with van der Waals surface area (Å²) in [5.74, 6) is 0. The van der Waals surface area contributed by atoms with Gasteiger partial charge in [-0.15, -0.1) is 0 Å². The molecular weight excluding hydrogens is 114 g/mol. The van der Waals surface area contributed by atoms with E-state index in [1.807, 2.05) is 0 Å². The maximum Gasteiger partial charge on any atom is 0.0696 e. The van der Waals surface area contributed by atoms with E-state index in [1.165, 1.54) is 12.8 Å². The summed E-state index contributed by atoms with van der Waals surface area (Å²) in [5.41, 5.74) is 0. The summed E-state index contributed by atoms with van der Waals surface area (Å²) in [6.07, 6.45) is 2.92. The number of nitrogens with one attached hydrogen (secondary N) is 1. The van der Waals surface area contributed by atoms with Crippen molar-refractivity contribution in [3.8, 4) is 0 Å². The lowest BCUT2D eigenvalue weighted by Gasteiger charge is -2.26. The zero-order valence-electron chi connectivity index (χ0n) is 6.18. The van der Waals surface area contributed by atoms with Crippen molar-refractivity contribution in [2.75, 3.05) is 13.7 Å². The van der Waals surface area contributed by atoms with Gasteiger partial charge in [0, 0.05) is 19.7 Å². The lowest BCUT2D eigenvalue weighted by atomic mass is 10.0. The first-order chi connectivity index (χ1) is 4.33. The van der Waals surface area contributed by atoms with E-state index < -0.39 is 0 Å². The van der Waals surface area contributed by atoms with Crippen molar-refractivity contribution in [3.05, 3.63) is 0 Å². The van der Waals surface area contributed by atoms with Crippen LogP contribution in [0.2, 0.25) is 0 Å². The van der Waals surface area contributed by atoms with E-state index >= 15 is 0 Å². The summed E-state index contributed by atoms with van der Waals surface area (Å²) < 4.78 is 5.18. The van der Waals surface area contributed by atoms with Crippen LogP contribution in [0.1, 0.15) is 19.8 Å². The highest BCUT2D eigenvalue weighted by molar-refractivity contribution is 4.74. The number of hydrogen-bond acceptors (Lipinski definition) is 2. The molecule has 9 heavy (non-hydrogen) atoms. The van der Waals surface area contributed by atoms with Crippen molar-refractivity contribution in [2.45, 2.75) is 31.9 Å². The van der Waals surface area contributed by atoms with Crippen LogP contribution < -0.4 is 5.32 Å². The number of rotatable bonds is 1. The Morgan fingerprint density at radius 3 is 2.67 bits per heavy atom. The molecule has 1 rings (SSSR count). The van der Waals surface area contributed by atoms with Gasteiger partial charge in [0.05, 0.1) is 6.10 Å². The number of methoxy groups -OCH3 is 1. The van der Waals surface area contributed by atoms with Crippen molar-refractivity contribution < 1.29 is 4.74 Å². The van der Waals surface area contributed by atoms with Crippen LogP contribution >= 0.6 is 0 Å². The molecule has 1 N–H and O–H groups in total. The van der Waals surface area contributed by atoms with Gasteiger partial charge >= 0.3 is 0 Å². The summed E-state index contributed by atoms with van der Waals surface area (Å²) in [7, 11) is 1.78. The molecule has 2 atom stereocenters. The second kappa shape index (κ2) is 3.18. The van der Waals surface area contributed by atoms with Crippen LogP contribution in [0.5, 0.6) is 0 Å². The molecule has 0 spiro atoms. The Balaban J connectivity index is 2.18. The van der Waals surface area contributed by atoms with Crippen molar-refractivity contribution in [1.29, 1.82) is 0 Å². The maximum atomic E-state index is 5.18. The van der Waals surface area contributed by atoms with Crippen LogP contribution in [-0.2, 0) is 4.74 Å². The molecule has 0 aromatic rings. The normalized spacial score (nSPS) is 36.7. The van der Waals surface area contributed by atoms with Gasteiger partial charge in [-0.1, -0.05) is 0 Å². The molecule has 0 bridgehead atoms. The van der Waals surface area contributed by atoms with Gasteiger partial charge in [-0.25, -0.2) is 0 Å². The highest BCUT2D eigenvalue weighted by atomic mass is 16.5. The van der Waals surface area contributed by atoms with Gasteiger partial charge in [-0.3, -0.25) is 0 Å². The van der Waals surface area contributed by atoms with Crippen molar-refractivity contribution >= 4 is 0 Å². The molecule has 2 nitrogen and oxygen atoms in total. The fourth-order valence-electron chi connectivity index (χ4n) is 1.17. The molecule has 0 amide bonds. The highest BCUT2D eigenvalue weighted by Gasteiger charge is 2.15. The van der Waals surface area contributed by atoms with E-state index in [0.29, 0.717) is 12.1 Å². The Morgan fingerprint density at radius 1 is 1.44 bits per heavy atom. The van der Waals surface area contributed by atoms with Gasteiger partial charge in [0.1, 0.15) is 0 Å². The Hall–Kier alpha value is -0.0800. The van der Waals surface area contributed by atoms with E-state index in [9.17, 15) is 0 Å². The first-order valence-electron chi connectivity index (χ1n) is 3.59. The number of ether oxygens (including phenoxy) is 1. The van der Waals surface area contributed by atoms with Crippen LogP contribution in [0.4, 0.5) is 0 Å². The molecule has 1 heterocycles. The molecule has 0 saturated carbocycles. The predicted molar refractivity (Wildman–Crippen MR) is 37.5 cm³/mol. The molecule has 54 valence electrons. The third kappa shape index (κ3) is 1.95. The standard InChI is InChI=1S/C7H15NO/c1-6-3-4-7(9-2)5-8-6/h6-8H,3-5H2,1-2H3. The lowest BCUT2D eigenvalue weighted by Crippen LogP contribution is -2.40. The Morgan fingerprint density at radius 2 is 2.22 bits per heavy atom. The molecule has 1 fully saturated rings. The zero-order valence-corrected chi connectivity index (χ0v) is 6.18. The van der Waals surface area contributed by atoms with Crippen molar-refractivity contribution in [2.24, 2.45) is 0 Å². The summed E-state index contributed by atoms with van der Waals surface area (Å²) in [6, 6.07) is 0.691. The number of piperidine rings is 1. The second-order valence-corrected chi connectivity index (χ2v) is 2.74. The Labute approximate surface area is 56.6 Å². The Bertz CT molecular complexity index is 77.0. The van der Waals surface area contributed by atoms with Gasteiger partial charge in [0.25, 0.3) is 0 Å². The van der Waals surface area contributed by atoms with Crippen LogP contribution in [0, 0.1) is 0 Å². The third-order valence-electron chi connectivity index (χ3n) is 1.95. The molecule has 0 aromatic carbocycles. The fraction of sp³-hybridized carbons (Fsp3) is 1.00. The minimum absolute atomic E-state index is 0.459. The minimum Gasteiger partial charge on any atom is -0.380 e. The summed E-state index contributed by atoms with van der Waals surface area (Å²) in [6.45, 7) is 3.24. The van der Waals surface area contributed by atoms with Gasteiger partial charge in [-0.05, 0) is 19.8 Å². The first-order valence-corrected chi connectivity index (χ1v) is 3.59. The topological polar surface area (TPSA) is 21.3 Å². The quantitative estimate of drug-likeness (QED) is 0.564. The first kappa shape index (κ1) is 7.03. The summed E-state index contributed by atoms with van der Waals surface area (Å²) in [5, 5.41) is 3.36. The van der Waals surface area contributed by atoms with Crippen LogP contribution in [0.15, 0.2) is 0 Å². The second-order valence-electron chi connectivity index (χ2n) is 2.74. The molecule has 0 radical (unpaired) electrons. The monoisotopic (exact) mass is 129 g/mol. The molecule has 0 aliphatic carbocycles. The van der Waals surface area contributed by atoms with Crippen molar-refractivity contribution in [3.63, 3.8) is 0 Å². The van der Waals surface area contributed by atoms with Gasteiger partial charge < -0.3 is 10.1 Å². The summed E-state index contributed by atoms with van der Waals surface area (Å²) >= 11 is 0. The zero-order chi connectivity index (χ0) is 6.69. The maximum absolute atomic E-state index is 5.18. The summed E-state index contributed by atoms with van der Waals surface area (Å²) in [4.78, 5) is 0. The molecule has 1 saturated heterocycles. The molecular formula is C7H15NO. The Kier molecular flexibility index (Phi) is 2.49. The molecule has 1 aliphatic heterocycles. The van der Waals surface area contributed by atoms with E-state index in [1.54, 1.807) is 7.11 Å². The average Bonchev–Trinajstić information content (AvgIpc) is 1.90. The van der Waals surface area contributed by atoms with Gasteiger partial charge in [0.15, 0.2) is 0 Å². The van der Waals surface area contributed by atoms with Gasteiger partial charge in [-0.2, -0.15) is 0 Å². The molecule has 0 aromatic heterocycles. The predicted octanol–water partition coefficient (Wildman–Crippen LogP) is 0.773. The molecule has 2 heteroatoms. The van der Waals surface area contributed by atoms with Gasteiger partial charge in [0.2, 0.25) is 0 Å². The van der Waals surface area contributed by atoms with E-state index in [2.05, 4.69) is 12.2 Å². The fourth-order valence-corrected chi connectivity index (χ4v) is 1.17. The van der Waals surface area contributed by atoms with E-state index in [4.69, 9.17) is 4.74 Å². The van der Waals surface area contributed by atoms with E-state index in [-0.39, 0.29) is 0 Å². The van der Waals surface area contributed by atoms with Crippen molar-refractivity contribution in [1.82, 2.24) is 5.32 Å².